The van der Waals surface area contributed by atoms with Gasteiger partial charge in [-0.25, -0.2) is 9.97 Å². The van der Waals surface area contributed by atoms with E-state index in [1.54, 1.807) is 0 Å². The monoisotopic (exact) mass is 377 g/mol. The molecule has 0 fully saturated rings. The number of anilines is 5. The Kier molecular flexibility index (Phi) is 6.18. The Morgan fingerprint density at radius 3 is 1.89 bits per heavy atom. The van der Waals surface area contributed by atoms with Crippen LogP contribution in [0.15, 0.2) is 54.6 Å². The third kappa shape index (κ3) is 5.52. The Labute approximate surface area is 164 Å². The first kappa shape index (κ1) is 19.3. The summed E-state index contributed by atoms with van der Waals surface area (Å²) >= 11 is 0. The number of aryl methyl sites for hydroxylation is 2. The van der Waals surface area contributed by atoms with Gasteiger partial charge in [-0.3, -0.25) is 4.79 Å². The van der Waals surface area contributed by atoms with Gasteiger partial charge in [0.2, 0.25) is 5.91 Å². The lowest BCUT2D eigenvalue weighted by molar-refractivity contribution is -0.119. The number of methoxy groups -OCH3 is 1. The van der Waals surface area contributed by atoms with E-state index >= 15 is 0 Å². The second-order valence-corrected chi connectivity index (χ2v) is 6.36. The lowest BCUT2D eigenvalue weighted by Gasteiger charge is -2.11. The smallest absolute Gasteiger partial charge is 0.250 e. The standard InChI is InChI=1S/C21H23N5O2/c1-14-4-6-16(7-5-14)24-19-12-20(23-15(2)22-19)25-17-8-10-18(11-9-17)26-21(27)13-28-3/h4-12H,13H2,1-3H3,(H,26,27)(H2,22,23,24,25). The lowest BCUT2D eigenvalue weighted by Crippen LogP contribution is -2.16. The molecule has 7 heteroatoms. The summed E-state index contributed by atoms with van der Waals surface area (Å²) in [6.45, 7) is 3.92. The first-order valence-corrected chi connectivity index (χ1v) is 8.87. The maximum Gasteiger partial charge on any atom is 0.250 e. The van der Waals surface area contributed by atoms with E-state index in [1.807, 2.05) is 61.5 Å². The molecular weight excluding hydrogens is 354 g/mol. The average Bonchev–Trinajstić information content (AvgIpc) is 2.65. The summed E-state index contributed by atoms with van der Waals surface area (Å²) in [6.07, 6.45) is 0. The number of nitrogens with zero attached hydrogens (tertiary/aromatic N) is 2. The summed E-state index contributed by atoms with van der Waals surface area (Å²) in [6, 6.07) is 17.3. The topological polar surface area (TPSA) is 88.2 Å². The normalized spacial score (nSPS) is 10.4. The molecule has 3 aromatic rings. The van der Waals surface area contributed by atoms with Gasteiger partial charge in [0.25, 0.3) is 0 Å². The zero-order valence-electron chi connectivity index (χ0n) is 16.1. The van der Waals surface area contributed by atoms with E-state index in [9.17, 15) is 4.79 Å². The van der Waals surface area contributed by atoms with E-state index in [1.165, 1.54) is 12.7 Å². The van der Waals surface area contributed by atoms with Crippen LogP contribution < -0.4 is 16.0 Å². The molecular formula is C21H23N5O2. The van der Waals surface area contributed by atoms with Crippen LogP contribution in [0.4, 0.5) is 28.7 Å². The van der Waals surface area contributed by atoms with E-state index in [4.69, 9.17) is 4.74 Å². The third-order valence-corrected chi connectivity index (χ3v) is 3.88. The highest BCUT2D eigenvalue weighted by Crippen LogP contribution is 2.22. The molecule has 1 amide bonds. The minimum atomic E-state index is -0.193. The molecule has 28 heavy (non-hydrogen) atoms. The number of carbonyl (C=O) groups excluding carboxylic acids is 1. The number of amides is 1. The van der Waals surface area contributed by atoms with Crippen molar-refractivity contribution in [2.24, 2.45) is 0 Å². The van der Waals surface area contributed by atoms with Crippen molar-refractivity contribution in [2.75, 3.05) is 29.7 Å². The highest BCUT2D eigenvalue weighted by molar-refractivity contribution is 5.91. The molecule has 0 bridgehead atoms. The fourth-order valence-corrected chi connectivity index (χ4v) is 2.59. The van der Waals surface area contributed by atoms with Crippen LogP contribution in [0.25, 0.3) is 0 Å². The third-order valence-electron chi connectivity index (χ3n) is 3.88. The number of hydrogen-bond acceptors (Lipinski definition) is 6. The maximum absolute atomic E-state index is 11.6. The van der Waals surface area contributed by atoms with Gasteiger partial charge in [0, 0.05) is 30.2 Å². The molecule has 3 rings (SSSR count). The van der Waals surface area contributed by atoms with Crippen LogP contribution in [0.5, 0.6) is 0 Å². The van der Waals surface area contributed by atoms with Crippen molar-refractivity contribution in [1.29, 1.82) is 0 Å². The molecule has 7 nitrogen and oxygen atoms in total. The second-order valence-electron chi connectivity index (χ2n) is 6.36. The molecule has 0 atom stereocenters. The fourth-order valence-electron chi connectivity index (χ4n) is 2.59. The van der Waals surface area contributed by atoms with E-state index in [2.05, 4.69) is 32.8 Å². The molecule has 1 aromatic heterocycles. The molecule has 1 heterocycles. The van der Waals surface area contributed by atoms with Gasteiger partial charge in [-0.2, -0.15) is 0 Å². The molecule has 3 N–H and O–H groups in total. The summed E-state index contributed by atoms with van der Waals surface area (Å²) in [5.41, 5.74) is 3.72. The number of rotatable bonds is 7. The summed E-state index contributed by atoms with van der Waals surface area (Å²) < 4.78 is 4.80. The zero-order valence-corrected chi connectivity index (χ0v) is 16.1. The predicted octanol–water partition coefficient (Wildman–Crippen LogP) is 4.17. The average molecular weight is 377 g/mol. The Hall–Kier alpha value is -3.45. The van der Waals surface area contributed by atoms with E-state index < -0.39 is 0 Å². The van der Waals surface area contributed by atoms with Crippen molar-refractivity contribution >= 4 is 34.6 Å². The largest absolute Gasteiger partial charge is 0.375 e. The second kappa shape index (κ2) is 8.96. The Morgan fingerprint density at radius 1 is 0.857 bits per heavy atom. The minimum absolute atomic E-state index is 0.0248. The number of hydrogen-bond donors (Lipinski definition) is 3. The molecule has 144 valence electrons. The van der Waals surface area contributed by atoms with Gasteiger partial charge in [-0.15, -0.1) is 0 Å². The lowest BCUT2D eigenvalue weighted by atomic mass is 10.2. The SMILES string of the molecule is COCC(=O)Nc1ccc(Nc2cc(Nc3ccc(C)cc3)nc(C)n2)cc1. The van der Waals surface area contributed by atoms with Crippen molar-refractivity contribution in [1.82, 2.24) is 9.97 Å². The molecule has 0 unspecified atom stereocenters. The van der Waals surface area contributed by atoms with E-state index in [0.717, 1.165) is 11.4 Å². The van der Waals surface area contributed by atoms with Crippen LogP contribution in [0.1, 0.15) is 11.4 Å². The van der Waals surface area contributed by atoms with Crippen LogP contribution in [-0.4, -0.2) is 29.6 Å². The Morgan fingerprint density at radius 2 is 1.36 bits per heavy atom. The number of carbonyl (C=O) groups is 1. The summed E-state index contributed by atoms with van der Waals surface area (Å²) in [5.74, 6) is 1.85. The first-order valence-electron chi connectivity index (χ1n) is 8.87. The molecule has 2 aromatic carbocycles. The van der Waals surface area contributed by atoms with Gasteiger partial charge >= 0.3 is 0 Å². The van der Waals surface area contributed by atoms with Gasteiger partial charge < -0.3 is 20.7 Å². The highest BCUT2D eigenvalue weighted by atomic mass is 16.5. The number of aromatic nitrogens is 2. The summed E-state index contributed by atoms with van der Waals surface area (Å²) in [7, 11) is 1.48. The van der Waals surface area contributed by atoms with Crippen molar-refractivity contribution in [3.8, 4) is 0 Å². The Bertz CT molecular complexity index is 940. The number of nitrogens with one attached hydrogen (secondary N) is 3. The quantitative estimate of drug-likeness (QED) is 0.573. The van der Waals surface area contributed by atoms with E-state index in [-0.39, 0.29) is 12.5 Å². The van der Waals surface area contributed by atoms with Crippen molar-refractivity contribution in [3.05, 3.63) is 66.0 Å². The minimum Gasteiger partial charge on any atom is -0.375 e. The van der Waals surface area contributed by atoms with Gasteiger partial charge in [-0.05, 0) is 50.2 Å². The molecule has 0 saturated heterocycles. The highest BCUT2D eigenvalue weighted by Gasteiger charge is 2.05. The van der Waals surface area contributed by atoms with Crippen molar-refractivity contribution < 1.29 is 9.53 Å². The molecule has 0 saturated carbocycles. The van der Waals surface area contributed by atoms with Gasteiger partial charge in [0.1, 0.15) is 24.1 Å². The van der Waals surface area contributed by atoms with Gasteiger partial charge in [0.15, 0.2) is 0 Å². The molecule has 0 aliphatic carbocycles. The van der Waals surface area contributed by atoms with Gasteiger partial charge in [-0.1, -0.05) is 17.7 Å². The number of benzene rings is 2. The Balaban J connectivity index is 1.69. The fraction of sp³-hybridized carbons (Fsp3) is 0.190. The molecule has 0 spiro atoms. The van der Waals surface area contributed by atoms with Crippen LogP contribution in [-0.2, 0) is 9.53 Å². The van der Waals surface area contributed by atoms with Gasteiger partial charge in [0.05, 0.1) is 0 Å². The molecule has 0 aliphatic rings. The van der Waals surface area contributed by atoms with E-state index in [0.29, 0.717) is 23.1 Å². The number of ether oxygens (including phenoxy) is 1. The molecule has 0 radical (unpaired) electrons. The predicted molar refractivity (Wildman–Crippen MR) is 111 cm³/mol. The van der Waals surface area contributed by atoms with Crippen molar-refractivity contribution in [3.63, 3.8) is 0 Å². The maximum atomic E-state index is 11.6. The van der Waals surface area contributed by atoms with Crippen LogP contribution in [0, 0.1) is 13.8 Å². The van der Waals surface area contributed by atoms with Crippen LogP contribution >= 0.6 is 0 Å². The summed E-state index contributed by atoms with van der Waals surface area (Å²) in [5, 5.41) is 9.30. The molecule has 0 aliphatic heterocycles. The first-order chi connectivity index (χ1) is 13.5. The van der Waals surface area contributed by atoms with Crippen LogP contribution in [0.3, 0.4) is 0 Å². The zero-order chi connectivity index (χ0) is 19.9. The van der Waals surface area contributed by atoms with Crippen LogP contribution in [0.2, 0.25) is 0 Å². The summed E-state index contributed by atoms with van der Waals surface area (Å²) in [4.78, 5) is 20.4. The van der Waals surface area contributed by atoms with Crippen molar-refractivity contribution in [2.45, 2.75) is 13.8 Å².